The van der Waals surface area contributed by atoms with E-state index in [9.17, 15) is 9.18 Å². The zero-order valence-corrected chi connectivity index (χ0v) is 11.8. The van der Waals surface area contributed by atoms with Gasteiger partial charge in [0.2, 0.25) is 5.91 Å². The van der Waals surface area contributed by atoms with E-state index in [1.165, 1.54) is 6.07 Å². The van der Waals surface area contributed by atoms with Crippen molar-refractivity contribution in [2.45, 2.75) is 19.9 Å². The first kappa shape index (κ1) is 14.3. The van der Waals surface area contributed by atoms with Crippen LogP contribution in [-0.4, -0.2) is 19.0 Å². The van der Waals surface area contributed by atoms with E-state index < -0.39 is 5.82 Å². The van der Waals surface area contributed by atoms with Gasteiger partial charge in [-0.25, -0.2) is 4.39 Å². The lowest BCUT2D eigenvalue weighted by molar-refractivity contribution is -0.127. The first-order chi connectivity index (χ1) is 8.99. The topological polar surface area (TPSA) is 41.1 Å². The van der Waals surface area contributed by atoms with E-state index in [2.05, 4.69) is 10.6 Å². The number of carbonyl (C=O) groups excluding carboxylic acids is 1. The zero-order valence-electron chi connectivity index (χ0n) is 11.0. The third-order valence-electron chi connectivity index (χ3n) is 3.74. The summed E-state index contributed by atoms with van der Waals surface area (Å²) in [7, 11) is 0. The minimum Gasteiger partial charge on any atom is -0.349 e. The summed E-state index contributed by atoms with van der Waals surface area (Å²) < 4.78 is 13.1. The largest absolute Gasteiger partial charge is 0.349 e. The number of hydrogen-bond donors (Lipinski definition) is 2. The Bertz CT molecular complexity index is 477. The van der Waals surface area contributed by atoms with Crippen molar-refractivity contribution in [2.75, 3.05) is 13.1 Å². The second-order valence-electron chi connectivity index (χ2n) is 5.11. The van der Waals surface area contributed by atoms with Gasteiger partial charge in [0.05, 0.1) is 11.1 Å². The number of halogens is 2. The van der Waals surface area contributed by atoms with Gasteiger partial charge in [-0.05, 0) is 43.6 Å². The predicted octanol–water partition coefficient (Wildman–Crippen LogP) is 2.51. The summed E-state index contributed by atoms with van der Waals surface area (Å²) in [6.07, 6.45) is 0. The molecular weight excluding hydrogens is 267 g/mol. The van der Waals surface area contributed by atoms with E-state index in [1.807, 2.05) is 13.8 Å². The van der Waals surface area contributed by atoms with Crippen LogP contribution in [0, 0.1) is 17.7 Å². The molecular formula is C14H18ClFN2O. The summed E-state index contributed by atoms with van der Waals surface area (Å²) in [5.74, 6) is -0.0269. The maximum absolute atomic E-state index is 13.1. The van der Waals surface area contributed by atoms with E-state index in [-0.39, 0.29) is 22.9 Å². The number of rotatable bonds is 4. The van der Waals surface area contributed by atoms with Gasteiger partial charge < -0.3 is 10.6 Å². The standard InChI is InChI=1S/C14H18ClFN2O/c1-8(11-6-17-7-11)14(19)18-9(2)10-3-4-13(16)12(15)5-10/h3-5,8-9,11,17H,6-7H2,1-2H3,(H,18,19). The van der Waals surface area contributed by atoms with Gasteiger partial charge in [-0.15, -0.1) is 0 Å². The van der Waals surface area contributed by atoms with E-state index in [4.69, 9.17) is 11.6 Å². The maximum atomic E-state index is 13.1. The average Bonchev–Trinajstić information content (AvgIpc) is 2.30. The quantitative estimate of drug-likeness (QED) is 0.892. The molecule has 19 heavy (non-hydrogen) atoms. The van der Waals surface area contributed by atoms with Crippen molar-refractivity contribution in [2.24, 2.45) is 11.8 Å². The molecule has 1 heterocycles. The molecule has 2 atom stereocenters. The highest BCUT2D eigenvalue weighted by molar-refractivity contribution is 6.30. The van der Waals surface area contributed by atoms with Crippen LogP contribution in [0.25, 0.3) is 0 Å². The van der Waals surface area contributed by atoms with E-state index >= 15 is 0 Å². The van der Waals surface area contributed by atoms with Gasteiger partial charge in [-0.1, -0.05) is 24.6 Å². The van der Waals surface area contributed by atoms with Gasteiger partial charge in [0.25, 0.3) is 0 Å². The molecule has 2 unspecified atom stereocenters. The first-order valence-corrected chi connectivity index (χ1v) is 6.83. The third kappa shape index (κ3) is 3.25. The molecule has 1 aromatic rings. The molecule has 1 amide bonds. The van der Waals surface area contributed by atoms with Crippen LogP contribution >= 0.6 is 11.6 Å². The van der Waals surface area contributed by atoms with Gasteiger partial charge in [-0.3, -0.25) is 4.79 Å². The molecule has 0 spiro atoms. The Morgan fingerprint density at radius 3 is 2.68 bits per heavy atom. The molecule has 1 saturated heterocycles. The molecule has 2 rings (SSSR count). The van der Waals surface area contributed by atoms with Crippen LogP contribution in [-0.2, 0) is 4.79 Å². The molecule has 5 heteroatoms. The Labute approximate surface area is 117 Å². The van der Waals surface area contributed by atoms with Gasteiger partial charge in [0, 0.05) is 5.92 Å². The van der Waals surface area contributed by atoms with Crippen LogP contribution in [0.3, 0.4) is 0 Å². The summed E-state index contributed by atoms with van der Waals surface area (Å²) in [4.78, 5) is 12.1. The second-order valence-corrected chi connectivity index (χ2v) is 5.52. The van der Waals surface area contributed by atoms with Crippen LogP contribution in [0.15, 0.2) is 18.2 Å². The smallest absolute Gasteiger partial charge is 0.223 e. The Hall–Kier alpha value is -1.13. The van der Waals surface area contributed by atoms with Crippen molar-refractivity contribution in [3.63, 3.8) is 0 Å². The second kappa shape index (κ2) is 5.88. The van der Waals surface area contributed by atoms with E-state index in [0.717, 1.165) is 18.7 Å². The fourth-order valence-corrected chi connectivity index (χ4v) is 2.28. The van der Waals surface area contributed by atoms with Crippen molar-refractivity contribution in [3.8, 4) is 0 Å². The molecule has 0 bridgehead atoms. The number of carbonyl (C=O) groups is 1. The van der Waals surface area contributed by atoms with Crippen LogP contribution in [0.2, 0.25) is 5.02 Å². The molecule has 0 aromatic heterocycles. The first-order valence-electron chi connectivity index (χ1n) is 6.45. The summed E-state index contributed by atoms with van der Waals surface area (Å²) >= 11 is 5.74. The van der Waals surface area contributed by atoms with Crippen molar-refractivity contribution in [1.29, 1.82) is 0 Å². The SMILES string of the molecule is CC(NC(=O)C(C)C1CNC1)c1ccc(F)c(Cl)c1. The predicted molar refractivity (Wildman–Crippen MR) is 73.5 cm³/mol. The third-order valence-corrected chi connectivity index (χ3v) is 4.03. The summed E-state index contributed by atoms with van der Waals surface area (Å²) in [6, 6.07) is 4.33. The Morgan fingerprint density at radius 2 is 2.16 bits per heavy atom. The monoisotopic (exact) mass is 284 g/mol. The minimum absolute atomic E-state index is 0.0142. The van der Waals surface area contributed by atoms with Crippen molar-refractivity contribution >= 4 is 17.5 Å². The molecule has 104 valence electrons. The average molecular weight is 285 g/mol. The fourth-order valence-electron chi connectivity index (χ4n) is 2.09. The number of hydrogen-bond acceptors (Lipinski definition) is 2. The lowest BCUT2D eigenvalue weighted by Crippen LogP contribution is -2.49. The number of amides is 1. The number of benzene rings is 1. The molecule has 1 aliphatic rings. The van der Waals surface area contributed by atoms with Gasteiger partial charge in [0.1, 0.15) is 5.82 Å². The Balaban J connectivity index is 1.97. The lowest BCUT2D eigenvalue weighted by Gasteiger charge is -2.32. The molecule has 1 aliphatic heterocycles. The van der Waals surface area contributed by atoms with Gasteiger partial charge in [0.15, 0.2) is 0 Å². The highest BCUT2D eigenvalue weighted by Crippen LogP contribution is 2.22. The molecule has 0 saturated carbocycles. The maximum Gasteiger partial charge on any atom is 0.223 e. The Morgan fingerprint density at radius 1 is 1.47 bits per heavy atom. The van der Waals surface area contributed by atoms with Crippen molar-refractivity contribution < 1.29 is 9.18 Å². The Kier molecular flexibility index (Phi) is 4.42. The fraction of sp³-hybridized carbons (Fsp3) is 0.500. The number of nitrogens with one attached hydrogen (secondary N) is 2. The van der Waals surface area contributed by atoms with Crippen LogP contribution in [0.5, 0.6) is 0 Å². The molecule has 1 fully saturated rings. The molecule has 2 N–H and O–H groups in total. The van der Waals surface area contributed by atoms with Crippen molar-refractivity contribution in [3.05, 3.63) is 34.6 Å². The normalized spacial score (nSPS) is 18.5. The lowest BCUT2D eigenvalue weighted by atomic mass is 9.88. The molecule has 1 aromatic carbocycles. The summed E-state index contributed by atoms with van der Waals surface area (Å²) in [5, 5.41) is 6.18. The van der Waals surface area contributed by atoms with E-state index in [1.54, 1.807) is 12.1 Å². The van der Waals surface area contributed by atoms with E-state index in [0.29, 0.717) is 5.92 Å². The van der Waals surface area contributed by atoms with Crippen LogP contribution in [0.4, 0.5) is 4.39 Å². The molecule has 0 aliphatic carbocycles. The highest BCUT2D eigenvalue weighted by Gasteiger charge is 2.29. The summed E-state index contributed by atoms with van der Waals surface area (Å²) in [5.41, 5.74) is 0.804. The highest BCUT2D eigenvalue weighted by atomic mass is 35.5. The zero-order chi connectivity index (χ0) is 14.0. The molecule has 0 radical (unpaired) electrons. The van der Waals surface area contributed by atoms with Crippen LogP contribution in [0.1, 0.15) is 25.5 Å². The van der Waals surface area contributed by atoms with Gasteiger partial charge in [-0.2, -0.15) is 0 Å². The van der Waals surface area contributed by atoms with Crippen molar-refractivity contribution in [1.82, 2.24) is 10.6 Å². The van der Waals surface area contributed by atoms with Gasteiger partial charge >= 0.3 is 0 Å². The van der Waals surface area contributed by atoms with Crippen LogP contribution < -0.4 is 10.6 Å². The molecule has 3 nitrogen and oxygen atoms in total. The minimum atomic E-state index is -0.446. The summed E-state index contributed by atoms with van der Waals surface area (Å²) in [6.45, 7) is 5.59.